The van der Waals surface area contributed by atoms with E-state index in [9.17, 15) is 4.79 Å². The number of anilines is 2. The maximum Gasteiger partial charge on any atom is 0.269 e. The molecule has 2 rings (SSSR count). The molecule has 2 aromatic heterocycles. The first kappa shape index (κ1) is 14.0. The van der Waals surface area contributed by atoms with Crippen LogP contribution in [-0.2, 0) is 6.54 Å². The quantitative estimate of drug-likeness (QED) is 0.886. The highest BCUT2D eigenvalue weighted by molar-refractivity contribution is 5.44. The molecule has 0 unspecified atom stereocenters. The SMILES string of the molecule is CCN(C)c1cnn(Cc2cccnc2NC)c(=O)c1. The van der Waals surface area contributed by atoms with Gasteiger partial charge in [0, 0.05) is 38.5 Å². The molecule has 0 bridgehead atoms. The van der Waals surface area contributed by atoms with Gasteiger partial charge in [-0.3, -0.25) is 4.79 Å². The molecule has 0 saturated carbocycles. The topological polar surface area (TPSA) is 63.1 Å². The summed E-state index contributed by atoms with van der Waals surface area (Å²) in [6.07, 6.45) is 3.42. The second kappa shape index (κ2) is 6.18. The fourth-order valence-corrected chi connectivity index (χ4v) is 1.89. The van der Waals surface area contributed by atoms with Gasteiger partial charge in [0.2, 0.25) is 0 Å². The Morgan fingerprint density at radius 1 is 1.45 bits per heavy atom. The van der Waals surface area contributed by atoms with Crippen LogP contribution >= 0.6 is 0 Å². The molecule has 0 amide bonds. The van der Waals surface area contributed by atoms with E-state index in [-0.39, 0.29) is 5.56 Å². The maximum absolute atomic E-state index is 12.1. The summed E-state index contributed by atoms with van der Waals surface area (Å²) in [5.41, 5.74) is 1.64. The van der Waals surface area contributed by atoms with Crippen LogP contribution in [0.3, 0.4) is 0 Å². The molecule has 0 saturated heterocycles. The van der Waals surface area contributed by atoms with Gasteiger partial charge in [0.05, 0.1) is 18.4 Å². The molecule has 0 aromatic carbocycles. The number of hydrogen-bond donors (Lipinski definition) is 1. The Bertz CT molecular complexity index is 637. The Hall–Kier alpha value is -2.37. The molecule has 0 aliphatic carbocycles. The third-order valence-corrected chi connectivity index (χ3v) is 3.22. The lowest BCUT2D eigenvalue weighted by Gasteiger charge is -2.16. The highest BCUT2D eigenvalue weighted by Crippen LogP contribution is 2.12. The minimum atomic E-state index is -0.117. The second-order valence-corrected chi connectivity index (χ2v) is 4.48. The predicted octanol–water partition coefficient (Wildman–Crippen LogP) is 1.18. The molecule has 0 aliphatic rings. The summed E-state index contributed by atoms with van der Waals surface area (Å²) in [7, 11) is 3.74. The molecule has 20 heavy (non-hydrogen) atoms. The molecular formula is C14H19N5O. The lowest BCUT2D eigenvalue weighted by Crippen LogP contribution is -2.26. The lowest BCUT2D eigenvalue weighted by atomic mass is 10.2. The first-order valence-electron chi connectivity index (χ1n) is 6.55. The maximum atomic E-state index is 12.1. The van der Waals surface area contributed by atoms with Gasteiger partial charge in [-0.25, -0.2) is 9.67 Å². The first-order chi connectivity index (χ1) is 9.65. The predicted molar refractivity (Wildman–Crippen MR) is 80.3 cm³/mol. The Balaban J connectivity index is 2.28. The van der Waals surface area contributed by atoms with E-state index < -0.39 is 0 Å². The normalized spacial score (nSPS) is 10.3. The van der Waals surface area contributed by atoms with Gasteiger partial charge in [0.25, 0.3) is 5.56 Å². The molecule has 0 spiro atoms. The van der Waals surface area contributed by atoms with E-state index in [0.29, 0.717) is 6.54 Å². The van der Waals surface area contributed by atoms with E-state index in [1.165, 1.54) is 4.68 Å². The largest absolute Gasteiger partial charge is 0.373 e. The van der Waals surface area contributed by atoms with E-state index in [0.717, 1.165) is 23.6 Å². The molecule has 6 nitrogen and oxygen atoms in total. The highest BCUT2D eigenvalue weighted by atomic mass is 16.1. The second-order valence-electron chi connectivity index (χ2n) is 4.48. The van der Waals surface area contributed by atoms with Gasteiger partial charge in [-0.1, -0.05) is 6.07 Å². The van der Waals surface area contributed by atoms with Gasteiger partial charge in [-0.15, -0.1) is 0 Å². The monoisotopic (exact) mass is 273 g/mol. The summed E-state index contributed by atoms with van der Waals surface area (Å²) >= 11 is 0. The summed E-state index contributed by atoms with van der Waals surface area (Å²) in [6.45, 7) is 3.26. The first-order valence-corrected chi connectivity index (χ1v) is 6.55. The summed E-state index contributed by atoms with van der Waals surface area (Å²) in [5, 5.41) is 7.24. The van der Waals surface area contributed by atoms with Gasteiger partial charge in [0.1, 0.15) is 5.82 Å². The summed E-state index contributed by atoms with van der Waals surface area (Å²) < 4.78 is 1.44. The van der Waals surface area contributed by atoms with Crippen molar-refractivity contribution in [2.24, 2.45) is 0 Å². The average Bonchev–Trinajstić information content (AvgIpc) is 2.49. The zero-order chi connectivity index (χ0) is 14.5. The van der Waals surface area contributed by atoms with Crippen LogP contribution in [0.25, 0.3) is 0 Å². The number of rotatable bonds is 5. The van der Waals surface area contributed by atoms with Gasteiger partial charge >= 0.3 is 0 Å². The average molecular weight is 273 g/mol. The summed E-state index contributed by atoms with van der Waals surface area (Å²) in [5.74, 6) is 0.760. The third-order valence-electron chi connectivity index (χ3n) is 3.22. The molecular weight excluding hydrogens is 254 g/mol. The molecule has 0 aliphatic heterocycles. The molecule has 106 valence electrons. The summed E-state index contributed by atoms with van der Waals surface area (Å²) in [6, 6.07) is 5.38. The van der Waals surface area contributed by atoms with Gasteiger partial charge < -0.3 is 10.2 Å². The lowest BCUT2D eigenvalue weighted by molar-refractivity contribution is 0.637. The number of nitrogens with one attached hydrogen (secondary N) is 1. The summed E-state index contributed by atoms with van der Waals surface area (Å²) in [4.78, 5) is 18.3. The molecule has 6 heteroatoms. The van der Waals surface area contributed by atoms with Gasteiger partial charge in [0.15, 0.2) is 0 Å². The van der Waals surface area contributed by atoms with Crippen molar-refractivity contribution >= 4 is 11.5 Å². The minimum absolute atomic E-state index is 0.117. The fourth-order valence-electron chi connectivity index (χ4n) is 1.89. The zero-order valence-electron chi connectivity index (χ0n) is 12.0. The van der Waals surface area contributed by atoms with Crippen molar-refractivity contribution in [2.45, 2.75) is 13.5 Å². The van der Waals surface area contributed by atoms with Crippen LogP contribution in [-0.4, -0.2) is 35.4 Å². The van der Waals surface area contributed by atoms with E-state index in [1.807, 2.05) is 31.0 Å². The standard InChI is InChI=1S/C14H19N5O/c1-4-18(3)12-8-13(20)19(17-9-12)10-11-6-5-7-16-14(11)15-2/h5-9H,4,10H2,1-3H3,(H,15,16). The smallest absolute Gasteiger partial charge is 0.269 e. The van der Waals surface area contributed by atoms with Crippen molar-refractivity contribution in [1.82, 2.24) is 14.8 Å². The van der Waals surface area contributed by atoms with Crippen molar-refractivity contribution in [3.8, 4) is 0 Å². The third kappa shape index (κ3) is 2.96. The number of aromatic nitrogens is 3. The van der Waals surface area contributed by atoms with Crippen LogP contribution in [0, 0.1) is 0 Å². The zero-order valence-corrected chi connectivity index (χ0v) is 12.0. The molecule has 0 atom stereocenters. The van der Waals surface area contributed by atoms with Gasteiger partial charge in [-0.05, 0) is 13.0 Å². The number of nitrogens with zero attached hydrogens (tertiary/aromatic N) is 4. The Kier molecular flexibility index (Phi) is 4.34. The highest BCUT2D eigenvalue weighted by Gasteiger charge is 2.07. The van der Waals surface area contributed by atoms with Crippen molar-refractivity contribution in [3.05, 3.63) is 46.5 Å². The van der Waals surface area contributed by atoms with Gasteiger partial charge in [-0.2, -0.15) is 5.10 Å². The Morgan fingerprint density at radius 2 is 2.25 bits per heavy atom. The van der Waals surface area contributed by atoms with E-state index >= 15 is 0 Å². The Morgan fingerprint density at radius 3 is 2.90 bits per heavy atom. The number of pyridine rings is 1. The molecule has 1 N–H and O–H groups in total. The van der Waals surface area contributed by atoms with Crippen molar-refractivity contribution in [1.29, 1.82) is 0 Å². The van der Waals surface area contributed by atoms with Crippen LogP contribution in [0.1, 0.15) is 12.5 Å². The van der Waals surface area contributed by atoms with Crippen molar-refractivity contribution < 1.29 is 0 Å². The minimum Gasteiger partial charge on any atom is -0.373 e. The fraction of sp³-hybridized carbons (Fsp3) is 0.357. The number of hydrogen-bond acceptors (Lipinski definition) is 5. The van der Waals surface area contributed by atoms with E-state index in [4.69, 9.17) is 0 Å². The molecule has 2 aromatic rings. The van der Waals surface area contributed by atoms with Crippen LogP contribution < -0.4 is 15.8 Å². The molecule has 0 fully saturated rings. The Labute approximate surface area is 118 Å². The van der Waals surface area contributed by atoms with Crippen LogP contribution in [0.5, 0.6) is 0 Å². The van der Waals surface area contributed by atoms with E-state index in [2.05, 4.69) is 15.4 Å². The van der Waals surface area contributed by atoms with Crippen molar-refractivity contribution in [2.75, 3.05) is 30.9 Å². The molecule has 0 radical (unpaired) electrons. The molecule has 2 heterocycles. The van der Waals surface area contributed by atoms with Crippen LogP contribution in [0.15, 0.2) is 35.4 Å². The van der Waals surface area contributed by atoms with Crippen molar-refractivity contribution in [3.63, 3.8) is 0 Å². The van der Waals surface area contributed by atoms with E-state index in [1.54, 1.807) is 25.5 Å². The van der Waals surface area contributed by atoms with Crippen LogP contribution in [0.2, 0.25) is 0 Å². The van der Waals surface area contributed by atoms with Crippen LogP contribution in [0.4, 0.5) is 11.5 Å².